The zero-order valence-electron chi connectivity index (χ0n) is 15.0. The van der Waals surface area contributed by atoms with Crippen LogP contribution in [0.3, 0.4) is 0 Å². The van der Waals surface area contributed by atoms with E-state index in [4.69, 9.17) is 4.42 Å². The van der Waals surface area contributed by atoms with Gasteiger partial charge < -0.3 is 9.73 Å². The predicted octanol–water partition coefficient (Wildman–Crippen LogP) is 4.30. The number of rotatable bonds is 9. The Hall–Kier alpha value is -2.89. The molecule has 0 spiro atoms. The summed E-state index contributed by atoms with van der Waals surface area (Å²) in [4.78, 5) is 16.5. The van der Waals surface area contributed by atoms with Gasteiger partial charge >= 0.3 is 0 Å². The van der Waals surface area contributed by atoms with E-state index in [2.05, 4.69) is 22.3 Å². The minimum atomic E-state index is -0.0157. The van der Waals surface area contributed by atoms with Crippen molar-refractivity contribution < 1.29 is 9.21 Å². The number of amides is 1. The summed E-state index contributed by atoms with van der Waals surface area (Å²) in [6.45, 7) is 2.95. The van der Waals surface area contributed by atoms with Crippen molar-refractivity contribution in [1.29, 1.82) is 0 Å². The van der Waals surface area contributed by atoms with E-state index in [0.717, 1.165) is 36.5 Å². The second-order valence-corrected chi connectivity index (χ2v) is 6.18. The minimum absolute atomic E-state index is 0.0157. The third-order valence-electron chi connectivity index (χ3n) is 4.11. The van der Waals surface area contributed by atoms with Crippen molar-refractivity contribution in [3.8, 4) is 11.3 Å². The first-order chi connectivity index (χ1) is 12.8. The summed E-state index contributed by atoms with van der Waals surface area (Å²) >= 11 is 0. The van der Waals surface area contributed by atoms with Gasteiger partial charge in [-0.1, -0.05) is 43.7 Å². The topological polar surface area (TPSA) is 73.0 Å². The lowest BCUT2D eigenvalue weighted by Gasteiger charge is -2.08. The van der Waals surface area contributed by atoms with Crippen LogP contribution in [0.25, 0.3) is 11.3 Å². The Labute approximate surface area is 153 Å². The normalized spacial score (nSPS) is 10.8. The monoisotopic (exact) mass is 352 g/mol. The molecule has 0 atom stereocenters. The largest absolute Gasteiger partial charge is 0.441 e. The third-order valence-corrected chi connectivity index (χ3v) is 4.11. The molecular formula is C20H24N4O2. The molecule has 1 N–H and O–H groups in total. The van der Waals surface area contributed by atoms with Gasteiger partial charge in [0, 0.05) is 31.0 Å². The van der Waals surface area contributed by atoms with Gasteiger partial charge in [-0.25, -0.2) is 9.67 Å². The SMILES string of the molecule is CCCCn1nccc1NC(=O)CCCc1ncc(-c2ccccc2)o1. The number of aryl methyl sites for hydroxylation is 2. The van der Waals surface area contributed by atoms with Gasteiger partial charge in [0.2, 0.25) is 5.91 Å². The van der Waals surface area contributed by atoms with Gasteiger partial charge in [-0.3, -0.25) is 4.79 Å². The molecule has 1 aromatic carbocycles. The molecule has 6 heteroatoms. The highest BCUT2D eigenvalue weighted by molar-refractivity contribution is 5.89. The van der Waals surface area contributed by atoms with Gasteiger partial charge in [-0.05, 0) is 12.8 Å². The highest BCUT2D eigenvalue weighted by Gasteiger charge is 2.09. The molecule has 136 valence electrons. The van der Waals surface area contributed by atoms with Gasteiger partial charge in [0.1, 0.15) is 5.82 Å². The molecule has 0 radical (unpaired) electrons. The number of nitrogens with zero attached hydrogens (tertiary/aromatic N) is 3. The van der Waals surface area contributed by atoms with Gasteiger partial charge in [-0.15, -0.1) is 0 Å². The highest BCUT2D eigenvalue weighted by atomic mass is 16.4. The van der Waals surface area contributed by atoms with Crippen molar-refractivity contribution in [2.45, 2.75) is 45.6 Å². The van der Waals surface area contributed by atoms with Crippen LogP contribution < -0.4 is 5.32 Å². The van der Waals surface area contributed by atoms with Crippen molar-refractivity contribution in [1.82, 2.24) is 14.8 Å². The third kappa shape index (κ3) is 4.81. The Bertz CT molecular complexity index is 823. The summed E-state index contributed by atoms with van der Waals surface area (Å²) in [5, 5.41) is 7.17. The van der Waals surface area contributed by atoms with Crippen molar-refractivity contribution >= 4 is 11.7 Å². The molecule has 26 heavy (non-hydrogen) atoms. The van der Waals surface area contributed by atoms with E-state index in [1.165, 1.54) is 0 Å². The number of hydrogen-bond acceptors (Lipinski definition) is 4. The zero-order valence-corrected chi connectivity index (χ0v) is 15.0. The molecule has 0 aliphatic heterocycles. The summed E-state index contributed by atoms with van der Waals surface area (Å²) in [6, 6.07) is 11.7. The Kier molecular flexibility index (Phi) is 6.19. The lowest BCUT2D eigenvalue weighted by molar-refractivity contribution is -0.116. The van der Waals surface area contributed by atoms with Gasteiger partial charge in [-0.2, -0.15) is 5.10 Å². The molecule has 3 rings (SSSR count). The number of unbranched alkanes of at least 4 members (excludes halogenated alkanes) is 1. The lowest BCUT2D eigenvalue weighted by Crippen LogP contribution is -2.15. The number of aromatic nitrogens is 3. The first kappa shape index (κ1) is 17.9. The molecular weight excluding hydrogens is 328 g/mol. The standard InChI is InChI=1S/C20H24N4O2/c1-2-3-14-24-18(12-13-22-24)23-19(25)10-7-11-20-21-15-17(26-20)16-8-5-4-6-9-16/h4-6,8-9,12-13,15H,2-3,7,10-11,14H2,1H3,(H,23,25). The van der Waals surface area contributed by atoms with Gasteiger partial charge in [0.15, 0.2) is 11.7 Å². The van der Waals surface area contributed by atoms with Gasteiger partial charge in [0.05, 0.1) is 12.4 Å². The summed E-state index contributed by atoms with van der Waals surface area (Å²) < 4.78 is 7.60. The van der Waals surface area contributed by atoms with Crippen LogP contribution in [-0.4, -0.2) is 20.7 Å². The summed E-state index contributed by atoms with van der Waals surface area (Å²) in [7, 11) is 0. The van der Waals surface area contributed by atoms with E-state index >= 15 is 0 Å². The molecule has 0 bridgehead atoms. The number of anilines is 1. The molecule has 1 amide bonds. The second-order valence-electron chi connectivity index (χ2n) is 6.18. The summed E-state index contributed by atoms with van der Waals surface area (Å²) in [5.74, 6) is 2.15. The first-order valence-electron chi connectivity index (χ1n) is 9.08. The quantitative estimate of drug-likeness (QED) is 0.623. The molecule has 0 unspecified atom stereocenters. The number of nitrogens with one attached hydrogen (secondary N) is 1. The molecule has 0 saturated carbocycles. The molecule has 2 aromatic heterocycles. The molecule has 6 nitrogen and oxygen atoms in total. The van der Waals surface area contributed by atoms with Crippen LogP contribution >= 0.6 is 0 Å². The maximum absolute atomic E-state index is 12.2. The van der Waals surface area contributed by atoms with Crippen molar-refractivity contribution in [3.05, 3.63) is 54.7 Å². The molecule has 0 aliphatic carbocycles. The van der Waals surface area contributed by atoms with Crippen LogP contribution in [0.15, 0.2) is 53.2 Å². The van der Waals surface area contributed by atoms with Crippen molar-refractivity contribution in [3.63, 3.8) is 0 Å². The fourth-order valence-electron chi connectivity index (χ4n) is 2.69. The fourth-order valence-corrected chi connectivity index (χ4v) is 2.69. The summed E-state index contributed by atoms with van der Waals surface area (Å²) in [5.41, 5.74) is 1.00. The van der Waals surface area contributed by atoms with E-state index in [0.29, 0.717) is 25.2 Å². The maximum atomic E-state index is 12.2. The highest BCUT2D eigenvalue weighted by Crippen LogP contribution is 2.20. The lowest BCUT2D eigenvalue weighted by atomic mass is 10.2. The summed E-state index contributed by atoms with van der Waals surface area (Å²) in [6.07, 6.45) is 7.31. The smallest absolute Gasteiger partial charge is 0.225 e. The van der Waals surface area contributed by atoms with Crippen LogP contribution in [0, 0.1) is 0 Å². The van der Waals surface area contributed by atoms with Crippen LogP contribution in [0.4, 0.5) is 5.82 Å². The molecule has 0 fully saturated rings. The van der Waals surface area contributed by atoms with E-state index in [1.807, 2.05) is 41.1 Å². The van der Waals surface area contributed by atoms with Crippen molar-refractivity contribution in [2.24, 2.45) is 0 Å². The second kappa shape index (κ2) is 8.99. The van der Waals surface area contributed by atoms with Crippen LogP contribution in [0.5, 0.6) is 0 Å². The molecule has 3 aromatic rings. The number of carbonyl (C=O) groups is 1. The Balaban J connectivity index is 1.46. The van der Waals surface area contributed by atoms with Gasteiger partial charge in [0.25, 0.3) is 0 Å². The predicted molar refractivity (Wildman–Crippen MR) is 101 cm³/mol. The average molecular weight is 352 g/mol. The average Bonchev–Trinajstić information content (AvgIpc) is 3.30. The van der Waals surface area contributed by atoms with Crippen LogP contribution in [0.1, 0.15) is 38.5 Å². The van der Waals surface area contributed by atoms with Crippen molar-refractivity contribution in [2.75, 3.05) is 5.32 Å². The molecule has 0 saturated heterocycles. The van der Waals surface area contributed by atoms with E-state index in [-0.39, 0.29) is 5.91 Å². The van der Waals surface area contributed by atoms with E-state index in [1.54, 1.807) is 12.4 Å². The Morgan fingerprint density at radius 1 is 1.19 bits per heavy atom. The maximum Gasteiger partial charge on any atom is 0.225 e. The molecule has 2 heterocycles. The van der Waals surface area contributed by atoms with Crippen LogP contribution in [-0.2, 0) is 17.8 Å². The first-order valence-corrected chi connectivity index (χ1v) is 9.08. The fraction of sp³-hybridized carbons (Fsp3) is 0.350. The Morgan fingerprint density at radius 3 is 2.85 bits per heavy atom. The zero-order chi connectivity index (χ0) is 18.2. The van der Waals surface area contributed by atoms with E-state index in [9.17, 15) is 4.79 Å². The number of oxazole rings is 1. The Morgan fingerprint density at radius 2 is 2.04 bits per heavy atom. The number of hydrogen-bond donors (Lipinski definition) is 1. The minimum Gasteiger partial charge on any atom is -0.441 e. The number of benzene rings is 1. The molecule has 0 aliphatic rings. The number of carbonyl (C=O) groups excluding carboxylic acids is 1. The van der Waals surface area contributed by atoms with E-state index < -0.39 is 0 Å². The van der Waals surface area contributed by atoms with Crippen LogP contribution in [0.2, 0.25) is 0 Å².